The predicted molar refractivity (Wildman–Crippen MR) is 45.8 cm³/mol. The highest BCUT2D eigenvalue weighted by atomic mass is 15.2. The van der Waals surface area contributed by atoms with Crippen LogP contribution < -0.4 is 4.90 Å². The minimum atomic E-state index is 0.844. The van der Waals surface area contributed by atoms with Crippen molar-refractivity contribution in [2.45, 2.75) is 0 Å². The van der Waals surface area contributed by atoms with Crippen molar-refractivity contribution in [2.24, 2.45) is 4.99 Å². The minimum absolute atomic E-state index is 0.844. The lowest BCUT2D eigenvalue weighted by atomic mass is 10.5. The lowest BCUT2D eigenvalue weighted by molar-refractivity contribution is 1.07. The summed E-state index contributed by atoms with van der Waals surface area (Å²) in [4.78, 5) is 9.19. The molecule has 1 aliphatic rings. The smallest absolute Gasteiger partial charge is 0.110 e. The van der Waals surface area contributed by atoms with Gasteiger partial charge in [-0.15, -0.1) is 0 Å². The molecule has 3 nitrogen and oxygen atoms in total. The van der Waals surface area contributed by atoms with E-state index in [4.69, 9.17) is 0 Å². The second kappa shape index (κ2) is 2.62. The van der Waals surface area contributed by atoms with Crippen molar-refractivity contribution in [3.05, 3.63) is 30.7 Å². The van der Waals surface area contributed by atoms with E-state index in [1.54, 1.807) is 6.20 Å². The lowest BCUT2D eigenvalue weighted by Crippen LogP contribution is -2.20. The number of aromatic amines is 1. The van der Waals surface area contributed by atoms with Crippen LogP contribution in [0.25, 0.3) is 0 Å². The molecule has 0 saturated carbocycles. The average Bonchev–Trinajstić information content (AvgIpc) is 2.58. The number of nitrogens with one attached hydrogen (secondary N) is 1. The Morgan fingerprint density at radius 2 is 2.55 bits per heavy atom. The molecule has 0 atom stereocenters. The maximum Gasteiger partial charge on any atom is 0.110 e. The molecule has 1 N–H and O–H groups in total. The zero-order valence-corrected chi connectivity index (χ0v) is 6.07. The van der Waals surface area contributed by atoms with Crippen LogP contribution in [0.2, 0.25) is 0 Å². The van der Waals surface area contributed by atoms with E-state index in [2.05, 4.69) is 14.9 Å². The van der Waals surface area contributed by atoms with Crippen molar-refractivity contribution in [1.82, 2.24) is 4.98 Å². The second-order valence-corrected chi connectivity index (χ2v) is 2.34. The topological polar surface area (TPSA) is 31.4 Å². The fourth-order valence-corrected chi connectivity index (χ4v) is 1.05. The molecule has 0 radical (unpaired) electrons. The summed E-state index contributed by atoms with van der Waals surface area (Å²) in [6.07, 6.45) is 7.52. The minimum Gasteiger partial charge on any atom is -0.348 e. The molecule has 0 bridgehead atoms. The third-order valence-electron chi connectivity index (χ3n) is 1.61. The highest BCUT2D eigenvalue weighted by molar-refractivity contribution is 5.68. The van der Waals surface area contributed by atoms with Gasteiger partial charge in [-0.1, -0.05) is 0 Å². The van der Waals surface area contributed by atoms with Crippen molar-refractivity contribution in [2.75, 3.05) is 11.4 Å². The van der Waals surface area contributed by atoms with Gasteiger partial charge in [-0.3, -0.25) is 4.99 Å². The highest BCUT2D eigenvalue weighted by Crippen LogP contribution is 2.10. The Morgan fingerprint density at radius 1 is 1.55 bits per heavy atom. The van der Waals surface area contributed by atoms with Gasteiger partial charge >= 0.3 is 0 Å². The number of hydrogen-bond acceptors (Lipinski definition) is 2. The van der Waals surface area contributed by atoms with E-state index >= 15 is 0 Å². The fraction of sp³-hybridized carbons (Fsp3) is 0.125. The molecule has 0 spiro atoms. The molecule has 0 saturated heterocycles. The fourth-order valence-electron chi connectivity index (χ4n) is 1.05. The Kier molecular flexibility index (Phi) is 1.48. The summed E-state index contributed by atoms with van der Waals surface area (Å²) in [7, 11) is 0. The summed E-state index contributed by atoms with van der Waals surface area (Å²) in [6.45, 7) is 0.844. The SMILES string of the molecule is C1=CN(c2ccc[nH]2)CC=N1. The first kappa shape index (κ1) is 6.22. The lowest BCUT2D eigenvalue weighted by Gasteiger charge is -2.17. The zero-order valence-electron chi connectivity index (χ0n) is 6.07. The number of hydrogen-bond donors (Lipinski definition) is 1. The summed E-state index contributed by atoms with van der Waals surface area (Å²) >= 11 is 0. The van der Waals surface area contributed by atoms with Crippen LogP contribution in [-0.4, -0.2) is 17.7 Å². The molecule has 0 amide bonds. The van der Waals surface area contributed by atoms with Crippen molar-refractivity contribution in [3.8, 4) is 0 Å². The van der Waals surface area contributed by atoms with Crippen LogP contribution in [0.3, 0.4) is 0 Å². The second-order valence-electron chi connectivity index (χ2n) is 2.34. The van der Waals surface area contributed by atoms with Gasteiger partial charge in [-0.25, -0.2) is 0 Å². The van der Waals surface area contributed by atoms with Gasteiger partial charge in [0.05, 0.1) is 6.54 Å². The van der Waals surface area contributed by atoms with Gasteiger partial charge in [0.2, 0.25) is 0 Å². The molecule has 1 aromatic rings. The van der Waals surface area contributed by atoms with Crippen molar-refractivity contribution in [3.63, 3.8) is 0 Å². The first-order valence-electron chi connectivity index (χ1n) is 3.55. The summed E-state index contributed by atoms with van der Waals surface area (Å²) in [5, 5.41) is 0. The number of aromatic nitrogens is 1. The van der Waals surface area contributed by atoms with Gasteiger partial charge in [0.15, 0.2) is 0 Å². The van der Waals surface area contributed by atoms with E-state index in [-0.39, 0.29) is 0 Å². The molecule has 2 heterocycles. The Morgan fingerprint density at radius 3 is 3.18 bits per heavy atom. The molecule has 1 aliphatic heterocycles. The van der Waals surface area contributed by atoms with Crippen LogP contribution in [0, 0.1) is 0 Å². The summed E-state index contributed by atoms with van der Waals surface area (Å²) in [6, 6.07) is 4.01. The molecule has 0 unspecified atom stereocenters. The standard InChI is InChI=1S/C8H9N3/c1-2-8(10-3-1)11-6-4-9-5-7-11/h1-6,10H,7H2. The zero-order chi connectivity index (χ0) is 7.52. The molecular formula is C8H9N3. The van der Waals surface area contributed by atoms with Crippen molar-refractivity contribution >= 4 is 12.0 Å². The van der Waals surface area contributed by atoms with Crippen molar-refractivity contribution in [1.29, 1.82) is 0 Å². The third-order valence-corrected chi connectivity index (χ3v) is 1.61. The summed E-state index contributed by atoms with van der Waals surface area (Å²) in [5.74, 6) is 1.10. The van der Waals surface area contributed by atoms with Crippen LogP contribution in [0.1, 0.15) is 0 Å². The van der Waals surface area contributed by atoms with Crippen LogP contribution in [0.5, 0.6) is 0 Å². The number of rotatable bonds is 1. The van der Waals surface area contributed by atoms with Crippen LogP contribution >= 0.6 is 0 Å². The van der Waals surface area contributed by atoms with Gasteiger partial charge < -0.3 is 9.88 Å². The number of anilines is 1. The van der Waals surface area contributed by atoms with E-state index in [0.29, 0.717) is 0 Å². The van der Waals surface area contributed by atoms with E-state index in [1.165, 1.54) is 0 Å². The molecule has 0 aromatic carbocycles. The van der Waals surface area contributed by atoms with E-state index in [1.807, 2.05) is 30.7 Å². The summed E-state index contributed by atoms with van der Waals surface area (Å²) in [5.41, 5.74) is 0. The maximum absolute atomic E-state index is 3.98. The Bertz CT molecular complexity index is 272. The first-order chi connectivity index (χ1) is 5.47. The molecule has 2 rings (SSSR count). The number of aliphatic imine (C=N–C) groups is 1. The first-order valence-corrected chi connectivity index (χ1v) is 3.55. The van der Waals surface area contributed by atoms with Gasteiger partial charge in [-0.05, 0) is 12.1 Å². The molecular weight excluding hydrogens is 138 g/mol. The molecule has 0 aliphatic carbocycles. The predicted octanol–water partition coefficient (Wildman–Crippen LogP) is 1.38. The molecule has 1 aromatic heterocycles. The molecule has 11 heavy (non-hydrogen) atoms. The quantitative estimate of drug-likeness (QED) is 0.639. The Balaban J connectivity index is 2.19. The van der Waals surface area contributed by atoms with Crippen LogP contribution in [0.4, 0.5) is 5.82 Å². The van der Waals surface area contributed by atoms with E-state index in [0.717, 1.165) is 12.4 Å². The normalized spacial score (nSPS) is 15.8. The number of H-pyrrole nitrogens is 1. The van der Waals surface area contributed by atoms with E-state index in [9.17, 15) is 0 Å². The highest BCUT2D eigenvalue weighted by Gasteiger charge is 2.02. The molecule has 0 fully saturated rings. The Hall–Kier alpha value is -1.51. The average molecular weight is 147 g/mol. The van der Waals surface area contributed by atoms with Crippen LogP contribution in [0.15, 0.2) is 35.7 Å². The van der Waals surface area contributed by atoms with E-state index < -0.39 is 0 Å². The summed E-state index contributed by atoms with van der Waals surface area (Å²) < 4.78 is 0. The maximum atomic E-state index is 3.98. The van der Waals surface area contributed by atoms with Gasteiger partial charge in [0.1, 0.15) is 5.82 Å². The molecule has 3 heteroatoms. The van der Waals surface area contributed by atoms with Gasteiger partial charge in [-0.2, -0.15) is 0 Å². The van der Waals surface area contributed by atoms with Gasteiger partial charge in [0.25, 0.3) is 0 Å². The third kappa shape index (κ3) is 1.17. The molecule has 56 valence electrons. The van der Waals surface area contributed by atoms with Crippen molar-refractivity contribution < 1.29 is 0 Å². The van der Waals surface area contributed by atoms with Gasteiger partial charge in [0, 0.05) is 24.8 Å². The van der Waals surface area contributed by atoms with Crippen LogP contribution in [-0.2, 0) is 0 Å². The number of nitrogens with zero attached hydrogens (tertiary/aromatic N) is 2. The monoisotopic (exact) mass is 147 g/mol. The largest absolute Gasteiger partial charge is 0.348 e. The Labute approximate surface area is 65.1 Å².